The van der Waals surface area contributed by atoms with Crippen LogP contribution in [0.3, 0.4) is 0 Å². The summed E-state index contributed by atoms with van der Waals surface area (Å²) in [6.45, 7) is 6.60. The maximum atomic E-state index is 12.9. The minimum Gasteiger partial charge on any atom is -0.481 e. The van der Waals surface area contributed by atoms with Crippen LogP contribution in [0.25, 0.3) is 0 Å². The average Bonchev–Trinajstić information content (AvgIpc) is 3.06. The lowest BCUT2D eigenvalue weighted by Crippen LogP contribution is -2.46. The van der Waals surface area contributed by atoms with Gasteiger partial charge in [0.05, 0.1) is 10.8 Å². The van der Waals surface area contributed by atoms with E-state index in [1.54, 1.807) is 4.90 Å². The van der Waals surface area contributed by atoms with E-state index in [0.717, 1.165) is 32.4 Å². The molecule has 0 bridgehead atoms. The van der Waals surface area contributed by atoms with Crippen molar-refractivity contribution < 1.29 is 14.7 Å². The summed E-state index contributed by atoms with van der Waals surface area (Å²) >= 11 is 0. The normalized spacial score (nSPS) is 33.6. The molecule has 5 heteroatoms. The van der Waals surface area contributed by atoms with Crippen molar-refractivity contribution in [2.75, 3.05) is 26.2 Å². The Morgan fingerprint density at radius 3 is 2.45 bits per heavy atom. The Balaban J connectivity index is 2.12. The quantitative estimate of drug-likeness (QED) is 0.801. The van der Waals surface area contributed by atoms with Gasteiger partial charge in [-0.3, -0.25) is 9.59 Å². The molecule has 114 valence electrons. The smallest absolute Gasteiger partial charge is 0.311 e. The maximum absolute atomic E-state index is 12.9. The molecule has 0 radical (unpaired) electrons. The zero-order chi connectivity index (χ0) is 14.8. The molecule has 0 aliphatic carbocycles. The molecule has 2 aliphatic heterocycles. The lowest BCUT2D eigenvalue weighted by Gasteiger charge is -2.32. The van der Waals surface area contributed by atoms with E-state index < -0.39 is 11.4 Å². The van der Waals surface area contributed by atoms with E-state index in [-0.39, 0.29) is 11.3 Å². The molecule has 0 saturated carbocycles. The fraction of sp³-hybridized carbons (Fsp3) is 0.867. The van der Waals surface area contributed by atoms with E-state index >= 15 is 0 Å². The van der Waals surface area contributed by atoms with Crippen molar-refractivity contribution in [1.82, 2.24) is 10.2 Å². The Morgan fingerprint density at radius 2 is 2.00 bits per heavy atom. The van der Waals surface area contributed by atoms with Gasteiger partial charge in [-0.05, 0) is 32.2 Å². The van der Waals surface area contributed by atoms with Gasteiger partial charge in [-0.1, -0.05) is 20.3 Å². The summed E-state index contributed by atoms with van der Waals surface area (Å²) in [7, 11) is 0. The van der Waals surface area contributed by atoms with Crippen LogP contribution < -0.4 is 5.32 Å². The van der Waals surface area contributed by atoms with E-state index in [1.807, 2.05) is 6.92 Å². The van der Waals surface area contributed by atoms with E-state index in [2.05, 4.69) is 12.2 Å². The van der Waals surface area contributed by atoms with Gasteiger partial charge >= 0.3 is 5.97 Å². The fourth-order valence-corrected chi connectivity index (χ4v) is 3.72. The third-order valence-corrected chi connectivity index (χ3v) is 5.20. The highest BCUT2D eigenvalue weighted by Gasteiger charge is 2.49. The molecule has 0 aromatic carbocycles. The predicted octanol–water partition coefficient (Wildman–Crippen LogP) is 1.48. The molecule has 0 aromatic rings. The molecule has 2 aliphatic rings. The van der Waals surface area contributed by atoms with Crippen molar-refractivity contribution in [3.05, 3.63) is 0 Å². The standard InChI is InChI=1S/C15H26N2O3/c1-3-5-15(6-8-16-10-15)12(18)17-9-7-14(4-2,11-17)13(19)20/h16H,3-11H2,1-2H3,(H,19,20). The van der Waals surface area contributed by atoms with Gasteiger partial charge in [0.25, 0.3) is 0 Å². The monoisotopic (exact) mass is 282 g/mol. The number of carboxylic acids is 1. The van der Waals surface area contributed by atoms with E-state index in [1.165, 1.54) is 0 Å². The summed E-state index contributed by atoms with van der Waals surface area (Å²) in [5.74, 6) is -0.592. The molecule has 0 spiro atoms. The van der Waals surface area contributed by atoms with Gasteiger partial charge in [0, 0.05) is 19.6 Å². The number of nitrogens with zero attached hydrogens (tertiary/aromatic N) is 1. The molecule has 0 aromatic heterocycles. The van der Waals surface area contributed by atoms with Crippen LogP contribution in [0.2, 0.25) is 0 Å². The van der Waals surface area contributed by atoms with Crippen molar-refractivity contribution in [1.29, 1.82) is 0 Å². The van der Waals surface area contributed by atoms with Crippen LogP contribution in [0.1, 0.15) is 46.0 Å². The Bertz CT molecular complexity index is 391. The second-order valence-corrected chi connectivity index (χ2v) is 6.37. The second-order valence-electron chi connectivity index (χ2n) is 6.37. The Labute approximate surface area is 120 Å². The van der Waals surface area contributed by atoms with E-state index in [0.29, 0.717) is 25.9 Å². The highest BCUT2D eigenvalue weighted by molar-refractivity contribution is 5.85. The molecule has 2 fully saturated rings. The molecule has 20 heavy (non-hydrogen) atoms. The molecule has 2 N–H and O–H groups in total. The van der Waals surface area contributed by atoms with E-state index in [4.69, 9.17) is 0 Å². The first-order valence-corrected chi connectivity index (χ1v) is 7.73. The van der Waals surface area contributed by atoms with E-state index in [9.17, 15) is 14.7 Å². The molecular weight excluding hydrogens is 256 g/mol. The summed E-state index contributed by atoms with van der Waals surface area (Å²) in [5.41, 5.74) is -1.02. The van der Waals surface area contributed by atoms with Crippen LogP contribution in [0.5, 0.6) is 0 Å². The summed E-state index contributed by atoms with van der Waals surface area (Å²) in [6.07, 6.45) is 3.92. The first-order chi connectivity index (χ1) is 9.49. The van der Waals surface area contributed by atoms with Crippen molar-refractivity contribution in [3.63, 3.8) is 0 Å². The van der Waals surface area contributed by atoms with Gasteiger partial charge in [-0.15, -0.1) is 0 Å². The Morgan fingerprint density at radius 1 is 1.25 bits per heavy atom. The lowest BCUT2D eigenvalue weighted by molar-refractivity contribution is -0.149. The number of amides is 1. The van der Waals surface area contributed by atoms with Gasteiger partial charge in [0.1, 0.15) is 0 Å². The van der Waals surface area contributed by atoms with Crippen molar-refractivity contribution in [2.45, 2.75) is 46.0 Å². The maximum Gasteiger partial charge on any atom is 0.311 e. The van der Waals surface area contributed by atoms with Gasteiger partial charge < -0.3 is 15.3 Å². The van der Waals surface area contributed by atoms with Gasteiger partial charge in [0.2, 0.25) is 5.91 Å². The summed E-state index contributed by atoms with van der Waals surface area (Å²) in [4.78, 5) is 26.2. The number of hydrogen-bond acceptors (Lipinski definition) is 3. The molecular formula is C15H26N2O3. The molecule has 2 atom stereocenters. The number of rotatable bonds is 5. The third kappa shape index (κ3) is 2.43. The number of carboxylic acid groups (broad SMARTS) is 1. The van der Waals surface area contributed by atoms with Crippen LogP contribution in [0.4, 0.5) is 0 Å². The molecule has 2 rings (SSSR count). The second kappa shape index (κ2) is 5.72. The zero-order valence-electron chi connectivity index (χ0n) is 12.6. The van der Waals surface area contributed by atoms with Crippen LogP contribution in [-0.4, -0.2) is 48.1 Å². The minimum atomic E-state index is -0.760. The number of carbonyl (C=O) groups is 2. The molecule has 1 amide bonds. The number of likely N-dealkylation sites (tertiary alicyclic amines) is 1. The SMILES string of the molecule is CCCC1(C(=O)N2CCC(CC)(C(=O)O)C2)CCNC1. The number of carbonyl (C=O) groups excluding carboxylic acids is 1. The zero-order valence-corrected chi connectivity index (χ0v) is 12.6. The summed E-state index contributed by atoms with van der Waals surface area (Å²) in [6, 6.07) is 0. The highest BCUT2D eigenvalue weighted by Crippen LogP contribution is 2.39. The molecule has 2 unspecified atom stereocenters. The number of hydrogen-bond donors (Lipinski definition) is 2. The van der Waals surface area contributed by atoms with Crippen LogP contribution in [0, 0.1) is 10.8 Å². The van der Waals surface area contributed by atoms with Crippen molar-refractivity contribution in [2.24, 2.45) is 10.8 Å². The Kier molecular flexibility index (Phi) is 4.37. The summed E-state index contributed by atoms with van der Waals surface area (Å²) < 4.78 is 0. The largest absolute Gasteiger partial charge is 0.481 e. The van der Waals surface area contributed by atoms with Crippen LogP contribution >= 0.6 is 0 Å². The van der Waals surface area contributed by atoms with Gasteiger partial charge in [-0.2, -0.15) is 0 Å². The predicted molar refractivity (Wildman–Crippen MR) is 76.4 cm³/mol. The first-order valence-electron chi connectivity index (χ1n) is 7.73. The van der Waals surface area contributed by atoms with Crippen LogP contribution in [-0.2, 0) is 9.59 Å². The topological polar surface area (TPSA) is 69.6 Å². The molecule has 5 nitrogen and oxygen atoms in total. The van der Waals surface area contributed by atoms with Crippen molar-refractivity contribution in [3.8, 4) is 0 Å². The van der Waals surface area contributed by atoms with Gasteiger partial charge in [-0.25, -0.2) is 0 Å². The highest BCUT2D eigenvalue weighted by atomic mass is 16.4. The molecule has 2 saturated heterocycles. The summed E-state index contributed by atoms with van der Waals surface area (Å²) in [5, 5.41) is 12.7. The average molecular weight is 282 g/mol. The number of aliphatic carboxylic acids is 1. The fourth-order valence-electron chi connectivity index (χ4n) is 3.72. The van der Waals surface area contributed by atoms with Crippen molar-refractivity contribution >= 4 is 11.9 Å². The minimum absolute atomic E-state index is 0.168. The number of nitrogens with one attached hydrogen (secondary N) is 1. The van der Waals surface area contributed by atoms with Crippen LogP contribution in [0.15, 0.2) is 0 Å². The van der Waals surface area contributed by atoms with Gasteiger partial charge in [0.15, 0.2) is 0 Å². The lowest BCUT2D eigenvalue weighted by atomic mass is 9.80. The third-order valence-electron chi connectivity index (χ3n) is 5.20. The first kappa shape index (κ1) is 15.3. The molecule has 2 heterocycles. The Hall–Kier alpha value is -1.10.